The number of carbonyl (C=O) groups is 2. The van der Waals surface area contributed by atoms with Crippen LogP contribution in [0.1, 0.15) is 30.4 Å². The number of nitrogens with zero attached hydrogens (tertiary/aromatic N) is 1. The first-order valence-electron chi connectivity index (χ1n) is 6.66. The smallest absolute Gasteiger partial charge is 0.413 e. The molecule has 2 N–H and O–H groups in total. The summed E-state index contributed by atoms with van der Waals surface area (Å²) in [6.45, 7) is 5.22. The molecular weight excluding hydrogens is 384 g/mol. The highest BCUT2D eigenvalue weighted by molar-refractivity contribution is 9.10. The zero-order valence-corrected chi connectivity index (χ0v) is 15.1. The number of hydrogen-bond acceptors (Lipinski definition) is 5. The molecule has 0 aliphatic rings. The van der Waals surface area contributed by atoms with Crippen molar-refractivity contribution in [3.05, 3.63) is 33.6 Å². The quantitative estimate of drug-likeness (QED) is 0.787. The van der Waals surface area contributed by atoms with Gasteiger partial charge >= 0.3 is 12.1 Å². The summed E-state index contributed by atoms with van der Waals surface area (Å²) in [5, 5.41) is 12.0. The minimum atomic E-state index is -1.10. The van der Waals surface area contributed by atoms with Gasteiger partial charge in [-0.15, -0.1) is 0 Å². The maximum absolute atomic E-state index is 11.8. The number of nitrogens with one attached hydrogen (secondary N) is 1. The number of rotatable bonds is 3. The molecule has 1 heterocycles. The first-order valence-corrected chi connectivity index (χ1v) is 8.27. The van der Waals surface area contributed by atoms with Crippen LogP contribution >= 0.6 is 27.3 Å². The number of amides is 1. The van der Waals surface area contributed by atoms with Gasteiger partial charge in [0.25, 0.3) is 0 Å². The average molecular weight is 399 g/mol. The number of carboxylic acids is 1. The second kappa shape index (κ2) is 6.67. The topological polar surface area (TPSA) is 88.5 Å². The Morgan fingerprint density at radius 3 is 2.39 bits per heavy atom. The highest BCUT2D eigenvalue weighted by atomic mass is 79.9. The van der Waals surface area contributed by atoms with E-state index in [1.807, 2.05) is 0 Å². The molecule has 0 spiro atoms. The van der Waals surface area contributed by atoms with E-state index in [1.54, 1.807) is 45.0 Å². The largest absolute Gasteiger partial charge is 0.477 e. The number of carboxylic acid groups (broad SMARTS) is 1. The van der Waals surface area contributed by atoms with Gasteiger partial charge in [-0.05, 0) is 32.9 Å². The first-order chi connectivity index (χ1) is 10.7. The van der Waals surface area contributed by atoms with Crippen LogP contribution in [0.15, 0.2) is 28.7 Å². The number of halogens is 1. The molecule has 6 nitrogen and oxygen atoms in total. The lowest BCUT2D eigenvalue weighted by molar-refractivity contribution is 0.0634. The summed E-state index contributed by atoms with van der Waals surface area (Å²) in [6, 6.07) is 7.09. The predicted molar refractivity (Wildman–Crippen MR) is 92.1 cm³/mol. The third-order valence-electron chi connectivity index (χ3n) is 2.55. The second-order valence-electron chi connectivity index (χ2n) is 5.64. The monoisotopic (exact) mass is 398 g/mol. The lowest BCUT2D eigenvalue weighted by Gasteiger charge is -2.18. The van der Waals surface area contributed by atoms with Gasteiger partial charge in [0, 0.05) is 10.0 Å². The van der Waals surface area contributed by atoms with Crippen molar-refractivity contribution in [1.82, 2.24) is 4.98 Å². The van der Waals surface area contributed by atoms with Crippen molar-refractivity contribution in [3.63, 3.8) is 0 Å². The Morgan fingerprint density at radius 1 is 1.26 bits per heavy atom. The molecular formula is C15H15BrN2O4S. The lowest BCUT2D eigenvalue weighted by atomic mass is 10.1. The molecule has 0 bridgehead atoms. The minimum absolute atomic E-state index is 0.0541. The standard InChI is InChI=1S/C15H15BrN2O4S/c1-15(2,3)22-14(21)18-13-17-10(11(23-13)12(19)20)8-4-6-9(16)7-5-8/h4-7H,1-3H3,(H,19,20)(H,17,18,21). The van der Waals surface area contributed by atoms with Crippen LogP contribution in [0.25, 0.3) is 11.3 Å². The molecule has 0 radical (unpaired) electrons. The van der Waals surface area contributed by atoms with Gasteiger partial charge in [0.2, 0.25) is 0 Å². The van der Waals surface area contributed by atoms with Gasteiger partial charge in [0.15, 0.2) is 5.13 Å². The molecule has 8 heteroatoms. The van der Waals surface area contributed by atoms with Gasteiger partial charge in [-0.25, -0.2) is 14.6 Å². The van der Waals surface area contributed by atoms with Crippen LogP contribution in [-0.2, 0) is 4.74 Å². The fourth-order valence-electron chi connectivity index (χ4n) is 1.71. The van der Waals surface area contributed by atoms with Crippen LogP contribution in [0.3, 0.4) is 0 Å². The summed E-state index contributed by atoms with van der Waals surface area (Å²) < 4.78 is 6.01. The van der Waals surface area contributed by atoms with Gasteiger partial charge in [0.05, 0.1) is 5.69 Å². The predicted octanol–water partition coefficient (Wildman–Crippen LogP) is 4.62. The number of anilines is 1. The zero-order valence-electron chi connectivity index (χ0n) is 12.7. The van der Waals surface area contributed by atoms with Crippen LogP contribution in [-0.4, -0.2) is 27.8 Å². The Labute approximate surface area is 145 Å². The number of hydrogen-bond donors (Lipinski definition) is 2. The number of aromatic carboxylic acids is 1. The lowest BCUT2D eigenvalue weighted by Crippen LogP contribution is -2.27. The zero-order chi connectivity index (χ0) is 17.2. The van der Waals surface area contributed by atoms with E-state index < -0.39 is 17.7 Å². The van der Waals surface area contributed by atoms with Crippen LogP contribution in [0.5, 0.6) is 0 Å². The van der Waals surface area contributed by atoms with Gasteiger partial charge in [0.1, 0.15) is 10.5 Å². The molecule has 1 amide bonds. The second-order valence-corrected chi connectivity index (χ2v) is 7.55. The first kappa shape index (κ1) is 17.4. The van der Waals surface area contributed by atoms with Gasteiger partial charge < -0.3 is 9.84 Å². The molecule has 0 saturated heterocycles. The Hall–Kier alpha value is -1.93. The van der Waals surface area contributed by atoms with Gasteiger partial charge in [-0.2, -0.15) is 0 Å². The molecule has 2 aromatic rings. The fourth-order valence-corrected chi connectivity index (χ4v) is 2.79. The molecule has 0 aliphatic heterocycles. The Kier molecular flexibility index (Phi) is 5.06. The summed E-state index contributed by atoms with van der Waals surface area (Å²) in [4.78, 5) is 27.5. The summed E-state index contributed by atoms with van der Waals surface area (Å²) >= 11 is 4.21. The summed E-state index contributed by atoms with van der Waals surface area (Å²) in [5.41, 5.74) is 0.311. The SMILES string of the molecule is CC(C)(C)OC(=O)Nc1nc(-c2ccc(Br)cc2)c(C(=O)O)s1. The van der Waals surface area contributed by atoms with Crippen LogP contribution in [0.4, 0.5) is 9.93 Å². The normalized spacial score (nSPS) is 11.1. The van der Waals surface area contributed by atoms with Gasteiger partial charge in [-0.1, -0.05) is 39.4 Å². The third kappa shape index (κ3) is 4.77. The number of aromatic nitrogens is 1. The number of carbonyl (C=O) groups excluding carboxylic acids is 1. The van der Waals surface area contributed by atoms with E-state index in [-0.39, 0.29) is 10.0 Å². The van der Waals surface area contributed by atoms with Crippen molar-refractivity contribution < 1.29 is 19.4 Å². The van der Waals surface area contributed by atoms with E-state index in [2.05, 4.69) is 26.2 Å². The number of benzene rings is 1. The van der Waals surface area contributed by atoms with Crippen molar-refractivity contribution in [1.29, 1.82) is 0 Å². The molecule has 0 atom stereocenters. The molecule has 0 aliphatic carbocycles. The van der Waals surface area contributed by atoms with E-state index in [4.69, 9.17) is 4.74 Å². The maximum Gasteiger partial charge on any atom is 0.413 e. The van der Waals surface area contributed by atoms with Crippen LogP contribution < -0.4 is 5.32 Å². The average Bonchev–Trinajstić information content (AvgIpc) is 2.81. The molecule has 1 aromatic heterocycles. The van der Waals surface area contributed by atoms with E-state index in [1.165, 1.54) is 0 Å². The molecule has 0 unspecified atom stereocenters. The summed E-state index contributed by atoms with van der Waals surface area (Å²) in [5.74, 6) is -1.10. The Bertz CT molecular complexity index is 735. The Morgan fingerprint density at radius 2 is 1.87 bits per heavy atom. The maximum atomic E-state index is 11.8. The molecule has 0 fully saturated rings. The molecule has 122 valence electrons. The summed E-state index contributed by atoms with van der Waals surface area (Å²) in [6.07, 6.45) is -0.675. The van der Waals surface area contributed by atoms with E-state index >= 15 is 0 Å². The van der Waals surface area contributed by atoms with E-state index in [0.29, 0.717) is 11.3 Å². The Balaban J connectivity index is 2.30. The highest BCUT2D eigenvalue weighted by Gasteiger charge is 2.22. The van der Waals surface area contributed by atoms with Gasteiger partial charge in [-0.3, -0.25) is 5.32 Å². The minimum Gasteiger partial charge on any atom is -0.477 e. The number of thiazole rings is 1. The molecule has 2 rings (SSSR count). The van der Waals surface area contributed by atoms with Crippen molar-refractivity contribution in [2.75, 3.05) is 5.32 Å². The molecule has 23 heavy (non-hydrogen) atoms. The van der Waals surface area contributed by atoms with Crippen molar-refractivity contribution in [2.45, 2.75) is 26.4 Å². The van der Waals surface area contributed by atoms with Crippen molar-refractivity contribution in [3.8, 4) is 11.3 Å². The van der Waals surface area contributed by atoms with Crippen molar-refractivity contribution >= 4 is 44.5 Å². The van der Waals surface area contributed by atoms with Crippen LogP contribution in [0.2, 0.25) is 0 Å². The van der Waals surface area contributed by atoms with Crippen molar-refractivity contribution in [2.24, 2.45) is 0 Å². The fraction of sp³-hybridized carbons (Fsp3) is 0.267. The molecule has 0 saturated carbocycles. The third-order valence-corrected chi connectivity index (χ3v) is 4.03. The van der Waals surface area contributed by atoms with E-state index in [0.717, 1.165) is 15.8 Å². The number of ether oxygens (including phenoxy) is 1. The highest BCUT2D eigenvalue weighted by Crippen LogP contribution is 2.32. The summed E-state index contributed by atoms with van der Waals surface area (Å²) in [7, 11) is 0. The van der Waals surface area contributed by atoms with E-state index in [9.17, 15) is 14.7 Å². The molecule has 1 aromatic carbocycles. The van der Waals surface area contributed by atoms with Crippen LogP contribution in [0, 0.1) is 0 Å².